The minimum atomic E-state index is -3.53. The second-order valence-corrected chi connectivity index (χ2v) is 7.63. The molecular formula is C12H22O4S. The summed E-state index contributed by atoms with van der Waals surface area (Å²) in [6.07, 6.45) is 2.24. The Hall–Kier alpha value is -0.580. The predicted octanol–water partition coefficient (Wildman–Crippen LogP) is 2.09. The van der Waals surface area contributed by atoms with Crippen LogP contribution < -0.4 is 0 Å². The summed E-state index contributed by atoms with van der Waals surface area (Å²) < 4.78 is 24.5. The van der Waals surface area contributed by atoms with Gasteiger partial charge in [-0.25, -0.2) is 8.42 Å². The molecule has 4 unspecified atom stereocenters. The third-order valence-electron chi connectivity index (χ3n) is 4.06. The van der Waals surface area contributed by atoms with Crippen LogP contribution in [0.4, 0.5) is 0 Å². The lowest BCUT2D eigenvalue weighted by Gasteiger charge is -2.32. The molecule has 0 aromatic rings. The van der Waals surface area contributed by atoms with Crippen molar-refractivity contribution in [3.8, 4) is 0 Å². The van der Waals surface area contributed by atoms with E-state index in [0.717, 1.165) is 6.42 Å². The van der Waals surface area contributed by atoms with Crippen LogP contribution in [-0.4, -0.2) is 30.0 Å². The normalized spacial score (nSPS) is 32.1. The van der Waals surface area contributed by atoms with Gasteiger partial charge in [-0.1, -0.05) is 20.8 Å². The highest BCUT2D eigenvalue weighted by atomic mass is 32.2. The van der Waals surface area contributed by atoms with Gasteiger partial charge in [0, 0.05) is 0 Å². The van der Waals surface area contributed by atoms with Crippen molar-refractivity contribution in [2.75, 3.05) is 0 Å². The fraction of sp³-hybridized carbons (Fsp3) is 0.917. The molecule has 0 saturated heterocycles. The van der Waals surface area contributed by atoms with E-state index in [1.807, 2.05) is 6.92 Å². The first-order valence-electron chi connectivity index (χ1n) is 6.26. The van der Waals surface area contributed by atoms with Gasteiger partial charge in [0.15, 0.2) is 15.1 Å². The minimum Gasteiger partial charge on any atom is -0.480 e. The molecule has 1 aliphatic carbocycles. The SMILES string of the molecule is CCC(C(=O)O)S(=O)(=O)C1CCC(C)C(C)C1. The first-order chi connectivity index (χ1) is 7.80. The summed E-state index contributed by atoms with van der Waals surface area (Å²) in [5.41, 5.74) is 0. The Labute approximate surface area is 103 Å². The Bertz CT molecular complexity index is 374. The van der Waals surface area contributed by atoms with Crippen molar-refractivity contribution in [3.05, 3.63) is 0 Å². The van der Waals surface area contributed by atoms with Crippen molar-refractivity contribution in [1.29, 1.82) is 0 Å². The molecule has 0 aromatic heterocycles. The Morgan fingerprint density at radius 2 is 1.88 bits per heavy atom. The first kappa shape index (κ1) is 14.5. The lowest BCUT2D eigenvalue weighted by atomic mass is 9.81. The first-order valence-corrected chi connectivity index (χ1v) is 7.87. The molecule has 1 aliphatic rings. The Morgan fingerprint density at radius 1 is 1.29 bits per heavy atom. The zero-order chi connectivity index (χ0) is 13.2. The summed E-state index contributed by atoms with van der Waals surface area (Å²) in [5.74, 6) is -0.319. The van der Waals surface area contributed by atoms with Gasteiger partial charge in [0.2, 0.25) is 0 Å². The monoisotopic (exact) mass is 262 g/mol. The van der Waals surface area contributed by atoms with Gasteiger partial charge in [0.05, 0.1) is 5.25 Å². The van der Waals surface area contributed by atoms with Crippen molar-refractivity contribution in [3.63, 3.8) is 0 Å². The summed E-state index contributed by atoms with van der Waals surface area (Å²) in [5, 5.41) is 7.29. The molecule has 0 bridgehead atoms. The lowest BCUT2D eigenvalue weighted by Crippen LogP contribution is -2.40. The molecule has 100 valence electrons. The van der Waals surface area contributed by atoms with Gasteiger partial charge in [0.1, 0.15) is 0 Å². The van der Waals surface area contributed by atoms with E-state index in [4.69, 9.17) is 5.11 Å². The van der Waals surface area contributed by atoms with Crippen LogP contribution in [-0.2, 0) is 14.6 Å². The largest absolute Gasteiger partial charge is 0.480 e. The molecule has 4 nitrogen and oxygen atoms in total. The lowest BCUT2D eigenvalue weighted by molar-refractivity contribution is -0.136. The quantitative estimate of drug-likeness (QED) is 0.842. The molecule has 0 amide bonds. The molecular weight excluding hydrogens is 240 g/mol. The summed E-state index contributed by atoms with van der Waals surface area (Å²) in [4.78, 5) is 11.0. The average molecular weight is 262 g/mol. The molecule has 0 aromatic carbocycles. The highest BCUT2D eigenvalue weighted by Crippen LogP contribution is 2.34. The highest BCUT2D eigenvalue weighted by molar-refractivity contribution is 7.93. The molecule has 4 atom stereocenters. The van der Waals surface area contributed by atoms with Gasteiger partial charge in [-0.15, -0.1) is 0 Å². The van der Waals surface area contributed by atoms with Crippen molar-refractivity contribution in [2.24, 2.45) is 11.8 Å². The van der Waals surface area contributed by atoms with Gasteiger partial charge < -0.3 is 5.11 Å². The maximum absolute atomic E-state index is 12.2. The van der Waals surface area contributed by atoms with Crippen LogP contribution in [0.15, 0.2) is 0 Å². The van der Waals surface area contributed by atoms with E-state index in [1.54, 1.807) is 6.92 Å². The van der Waals surface area contributed by atoms with Crippen molar-refractivity contribution in [1.82, 2.24) is 0 Å². The van der Waals surface area contributed by atoms with E-state index < -0.39 is 26.3 Å². The molecule has 0 heterocycles. The van der Waals surface area contributed by atoms with E-state index >= 15 is 0 Å². The molecule has 0 aliphatic heterocycles. The molecule has 1 saturated carbocycles. The molecule has 5 heteroatoms. The third-order valence-corrected chi connectivity index (χ3v) is 6.74. The van der Waals surface area contributed by atoms with Gasteiger partial charge in [0.25, 0.3) is 0 Å². The highest BCUT2D eigenvalue weighted by Gasteiger charge is 2.40. The molecule has 1 fully saturated rings. The van der Waals surface area contributed by atoms with Crippen LogP contribution >= 0.6 is 0 Å². The fourth-order valence-corrected chi connectivity index (χ4v) is 4.82. The molecule has 1 N–H and O–H groups in total. The predicted molar refractivity (Wildman–Crippen MR) is 66.6 cm³/mol. The van der Waals surface area contributed by atoms with Crippen LogP contribution in [0.2, 0.25) is 0 Å². The molecule has 17 heavy (non-hydrogen) atoms. The second kappa shape index (κ2) is 5.38. The summed E-state index contributed by atoms with van der Waals surface area (Å²) in [6, 6.07) is 0. The van der Waals surface area contributed by atoms with E-state index in [0.29, 0.717) is 24.7 Å². The molecule has 1 rings (SSSR count). The Morgan fingerprint density at radius 3 is 2.29 bits per heavy atom. The van der Waals surface area contributed by atoms with Crippen LogP contribution in [0.5, 0.6) is 0 Å². The minimum absolute atomic E-state index is 0.151. The number of aliphatic carboxylic acids is 1. The van der Waals surface area contributed by atoms with Crippen LogP contribution in [0.3, 0.4) is 0 Å². The maximum atomic E-state index is 12.2. The average Bonchev–Trinajstić information content (AvgIpc) is 2.21. The van der Waals surface area contributed by atoms with Gasteiger partial charge in [-0.3, -0.25) is 4.79 Å². The van der Waals surface area contributed by atoms with Crippen LogP contribution in [0.1, 0.15) is 46.5 Å². The van der Waals surface area contributed by atoms with Crippen molar-refractivity contribution < 1.29 is 18.3 Å². The van der Waals surface area contributed by atoms with E-state index in [2.05, 4.69) is 6.92 Å². The van der Waals surface area contributed by atoms with Crippen molar-refractivity contribution in [2.45, 2.75) is 57.0 Å². The molecule has 0 spiro atoms. The van der Waals surface area contributed by atoms with Gasteiger partial charge in [-0.2, -0.15) is 0 Å². The smallest absolute Gasteiger partial charge is 0.321 e. The van der Waals surface area contributed by atoms with Crippen LogP contribution in [0.25, 0.3) is 0 Å². The van der Waals surface area contributed by atoms with Gasteiger partial charge >= 0.3 is 5.97 Å². The summed E-state index contributed by atoms with van der Waals surface area (Å²) in [6.45, 7) is 5.79. The summed E-state index contributed by atoms with van der Waals surface area (Å²) >= 11 is 0. The Balaban J connectivity index is 2.87. The standard InChI is InChI=1S/C12H22O4S/c1-4-11(12(13)14)17(15,16)10-6-5-8(2)9(3)7-10/h8-11H,4-7H2,1-3H3,(H,13,14). The van der Waals surface area contributed by atoms with Crippen LogP contribution in [0, 0.1) is 11.8 Å². The number of sulfone groups is 1. The summed E-state index contributed by atoms with van der Waals surface area (Å²) in [7, 11) is -3.53. The number of hydrogen-bond donors (Lipinski definition) is 1. The number of rotatable bonds is 4. The number of carboxylic acids is 1. The zero-order valence-electron chi connectivity index (χ0n) is 10.7. The topological polar surface area (TPSA) is 71.4 Å². The van der Waals surface area contributed by atoms with E-state index in [-0.39, 0.29) is 6.42 Å². The van der Waals surface area contributed by atoms with E-state index in [9.17, 15) is 13.2 Å². The second-order valence-electron chi connectivity index (χ2n) is 5.21. The fourth-order valence-electron chi connectivity index (χ4n) is 2.58. The van der Waals surface area contributed by atoms with E-state index in [1.165, 1.54) is 0 Å². The third kappa shape index (κ3) is 3.00. The van der Waals surface area contributed by atoms with Gasteiger partial charge in [-0.05, 0) is 37.5 Å². The number of carboxylic acid groups (broad SMARTS) is 1. The maximum Gasteiger partial charge on any atom is 0.321 e. The number of hydrogen-bond acceptors (Lipinski definition) is 3. The zero-order valence-corrected chi connectivity index (χ0v) is 11.5. The Kier molecular flexibility index (Phi) is 4.58. The molecule has 0 radical (unpaired) electrons. The number of carbonyl (C=O) groups is 1. The van der Waals surface area contributed by atoms with Crippen molar-refractivity contribution >= 4 is 15.8 Å².